The summed E-state index contributed by atoms with van der Waals surface area (Å²) in [5.74, 6) is 0.228. The first kappa shape index (κ1) is 14.9. The van der Waals surface area contributed by atoms with Gasteiger partial charge in [-0.3, -0.25) is 4.90 Å². The van der Waals surface area contributed by atoms with Gasteiger partial charge in [0.25, 0.3) is 0 Å². The van der Waals surface area contributed by atoms with E-state index in [1.54, 1.807) is 11.3 Å². The summed E-state index contributed by atoms with van der Waals surface area (Å²) in [6, 6.07) is 8.12. The highest BCUT2D eigenvalue weighted by molar-refractivity contribution is 7.89. The Hall–Kier alpha value is -1.02. The van der Waals surface area contributed by atoms with E-state index in [2.05, 4.69) is 16.0 Å². The highest BCUT2D eigenvalue weighted by Gasteiger charge is 2.24. The van der Waals surface area contributed by atoms with Gasteiger partial charge in [-0.25, -0.2) is 18.5 Å². The highest BCUT2D eigenvalue weighted by Crippen LogP contribution is 2.25. The summed E-state index contributed by atoms with van der Waals surface area (Å²) in [7, 11) is -3.38. The first-order valence-corrected chi connectivity index (χ1v) is 9.60. The number of hydrogen-bond acceptors (Lipinski definition) is 5. The number of likely N-dealkylation sites (tertiary alicyclic amines) is 1. The van der Waals surface area contributed by atoms with Crippen LogP contribution in [0.15, 0.2) is 24.3 Å². The second kappa shape index (κ2) is 6.00. The van der Waals surface area contributed by atoms with Gasteiger partial charge in [0.1, 0.15) is 5.01 Å². The zero-order chi connectivity index (χ0) is 14.9. The van der Waals surface area contributed by atoms with E-state index < -0.39 is 10.0 Å². The molecule has 0 aliphatic carbocycles. The normalized spacial score (nSPS) is 20.9. The molecule has 2 heterocycles. The van der Waals surface area contributed by atoms with Crippen LogP contribution in [0, 0.1) is 5.92 Å². The van der Waals surface area contributed by atoms with Gasteiger partial charge in [0.2, 0.25) is 10.0 Å². The van der Waals surface area contributed by atoms with Crippen LogP contribution >= 0.6 is 11.3 Å². The van der Waals surface area contributed by atoms with Crippen molar-refractivity contribution in [1.29, 1.82) is 0 Å². The summed E-state index contributed by atoms with van der Waals surface area (Å²) in [6.45, 7) is 2.57. The van der Waals surface area contributed by atoms with Crippen molar-refractivity contribution in [2.24, 2.45) is 11.1 Å². The highest BCUT2D eigenvalue weighted by atomic mass is 32.2. The smallest absolute Gasteiger partial charge is 0.209 e. The third-order valence-electron chi connectivity index (χ3n) is 3.77. The summed E-state index contributed by atoms with van der Waals surface area (Å²) in [5, 5.41) is 6.25. The van der Waals surface area contributed by atoms with Gasteiger partial charge in [0.05, 0.1) is 22.5 Å². The second-order valence-electron chi connectivity index (χ2n) is 5.65. The van der Waals surface area contributed by atoms with Crippen molar-refractivity contribution in [3.05, 3.63) is 29.3 Å². The Kier molecular flexibility index (Phi) is 4.26. The van der Waals surface area contributed by atoms with E-state index in [4.69, 9.17) is 5.14 Å². The van der Waals surface area contributed by atoms with Crippen LogP contribution in [0.4, 0.5) is 0 Å². The van der Waals surface area contributed by atoms with Gasteiger partial charge in [-0.1, -0.05) is 12.1 Å². The largest absolute Gasteiger partial charge is 0.296 e. The molecule has 1 aromatic carbocycles. The van der Waals surface area contributed by atoms with E-state index in [0.717, 1.165) is 43.0 Å². The first-order chi connectivity index (χ1) is 9.99. The van der Waals surface area contributed by atoms with E-state index in [1.165, 1.54) is 4.70 Å². The van der Waals surface area contributed by atoms with Crippen molar-refractivity contribution in [3.8, 4) is 0 Å². The topological polar surface area (TPSA) is 76.3 Å². The monoisotopic (exact) mass is 325 g/mol. The lowest BCUT2D eigenvalue weighted by molar-refractivity contribution is 0.177. The second-order valence-corrected chi connectivity index (χ2v) is 8.42. The van der Waals surface area contributed by atoms with Gasteiger partial charge < -0.3 is 0 Å². The van der Waals surface area contributed by atoms with E-state index in [9.17, 15) is 8.42 Å². The number of primary sulfonamides is 1. The molecule has 0 bridgehead atoms. The van der Waals surface area contributed by atoms with Gasteiger partial charge in [0, 0.05) is 6.54 Å². The maximum absolute atomic E-state index is 11.2. The van der Waals surface area contributed by atoms with Crippen LogP contribution in [-0.4, -0.2) is 37.1 Å². The Morgan fingerprint density at radius 1 is 1.38 bits per heavy atom. The third kappa shape index (κ3) is 4.00. The number of aromatic nitrogens is 1. The number of thiazole rings is 1. The number of fused-ring (bicyclic) bond motifs is 1. The van der Waals surface area contributed by atoms with Crippen LogP contribution < -0.4 is 5.14 Å². The van der Waals surface area contributed by atoms with E-state index in [-0.39, 0.29) is 11.7 Å². The van der Waals surface area contributed by atoms with Gasteiger partial charge in [-0.2, -0.15) is 0 Å². The standard InChI is InChI=1S/C14H19N3O2S2/c15-21(18,19)10-11-4-3-7-17(8-11)9-14-16-12-5-1-2-6-13(12)20-14/h1-2,5-6,11H,3-4,7-10H2,(H2,15,18,19)/t11-/m0/s1. The van der Waals surface area contributed by atoms with Crippen molar-refractivity contribution >= 4 is 31.6 Å². The van der Waals surface area contributed by atoms with Crippen LogP contribution in [0.2, 0.25) is 0 Å². The molecule has 21 heavy (non-hydrogen) atoms. The number of sulfonamides is 1. The molecular formula is C14H19N3O2S2. The predicted octanol–water partition coefficient (Wildman–Crippen LogP) is 1.80. The molecule has 1 fully saturated rings. The van der Waals surface area contributed by atoms with E-state index in [0.29, 0.717) is 0 Å². The maximum Gasteiger partial charge on any atom is 0.209 e. The number of nitrogens with zero attached hydrogens (tertiary/aromatic N) is 2. The lowest BCUT2D eigenvalue weighted by Crippen LogP contribution is -2.38. The Bertz CT molecular complexity index is 694. The molecule has 1 atom stereocenters. The molecule has 7 heteroatoms. The number of hydrogen-bond donors (Lipinski definition) is 1. The third-order valence-corrected chi connectivity index (χ3v) is 5.73. The molecular weight excluding hydrogens is 306 g/mol. The average Bonchev–Trinajstić information content (AvgIpc) is 2.79. The first-order valence-electron chi connectivity index (χ1n) is 7.07. The number of para-hydroxylation sites is 1. The molecule has 3 rings (SSSR count). The summed E-state index contributed by atoms with van der Waals surface area (Å²) in [6.07, 6.45) is 1.96. The minimum Gasteiger partial charge on any atom is -0.296 e. The summed E-state index contributed by atoms with van der Waals surface area (Å²) >= 11 is 1.71. The van der Waals surface area contributed by atoms with Crippen molar-refractivity contribution in [2.75, 3.05) is 18.8 Å². The molecule has 0 radical (unpaired) electrons. The van der Waals surface area contributed by atoms with Gasteiger partial charge >= 0.3 is 0 Å². The van der Waals surface area contributed by atoms with E-state index >= 15 is 0 Å². The Labute approximate surface area is 128 Å². The Morgan fingerprint density at radius 2 is 2.19 bits per heavy atom. The van der Waals surface area contributed by atoms with Crippen LogP contribution in [0.3, 0.4) is 0 Å². The molecule has 1 aliphatic rings. The number of piperidine rings is 1. The fourth-order valence-electron chi connectivity index (χ4n) is 2.94. The Morgan fingerprint density at radius 3 is 2.95 bits per heavy atom. The summed E-state index contributed by atoms with van der Waals surface area (Å²) in [5.41, 5.74) is 1.04. The predicted molar refractivity (Wildman–Crippen MR) is 85.6 cm³/mol. The fraction of sp³-hybridized carbons (Fsp3) is 0.500. The van der Waals surface area contributed by atoms with Crippen LogP contribution in [0.1, 0.15) is 17.8 Å². The summed E-state index contributed by atoms with van der Waals surface area (Å²) in [4.78, 5) is 6.93. The fourth-order valence-corrected chi connectivity index (χ4v) is 4.88. The van der Waals surface area contributed by atoms with Gasteiger partial charge in [-0.15, -0.1) is 11.3 Å². The van der Waals surface area contributed by atoms with Crippen LogP contribution in [-0.2, 0) is 16.6 Å². The van der Waals surface area contributed by atoms with Crippen LogP contribution in [0.25, 0.3) is 10.2 Å². The lowest BCUT2D eigenvalue weighted by Gasteiger charge is -2.31. The van der Waals surface area contributed by atoms with Crippen molar-refractivity contribution in [1.82, 2.24) is 9.88 Å². The minimum atomic E-state index is -3.38. The molecule has 0 unspecified atom stereocenters. The molecule has 0 amide bonds. The van der Waals surface area contributed by atoms with Gasteiger partial charge in [0.15, 0.2) is 0 Å². The molecule has 1 saturated heterocycles. The molecule has 1 aliphatic heterocycles. The van der Waals surface area contributed by atoms with Crippen LogP contribution in [0.5, 0.6) is 0 Å². The van der Waals surface area contributed by atoms with E-state index in [1.807, 2.05) is 18.2 Å². The van der Waals surface area contributed by atoms with Crippen molar-refractivity contribution in [3.63, 3.8) is 0 Å². The van der Waals surface area contributed by atoms with Crippen molar-refractivity contribution < 1.29 is 8.42 Å². The molecule has 114 valence electrons. The molecule has 0 saturated carbocycles. The molecule has 2 aromatic rings. The van der Waals surface area contributed by atoms with Crippen molar-refractivity contribution in [2.45, 2.75) is 19.4 Å². The minimum absolute atomic E-state index is 0.0867. The Balaban J connectivity index is 1.66. The zero-order valence-corrected chi connectivity index (χ0v) is 13.4. The SMILES string of the molecule is NS(=O)(=O)C[C@H]1CCCN(Cc2nc3ccccc3s2)C1. The molecule has 0 spiro atoms. The number of nitrogens with two attached hydrogens (primary N) is 1. The average molecular weight is 325 g/mol. The quantitative estimate of drug-likeness (QED) is 0.930. The number of rotatable bonds is 4. The molecule has 5 nitrogen and oxygen atoms in total. The maximum atomic E-state index is 11.2. The molecule has 1 aromatic heterocycles. The molecule has 2 N–H and O–H groups in total. The zero-order valence-electron chi connectivity index (χ0n) is 11.7. The van der Waals surface area contributed by atoms with Gasteiger partial charge in [-0.05, 0) is 37.4 Å². The summed E-state index contributed by atoms with van der Waals surface area (Å²) < 4.78 is 23.7. The number of benzene rings is 1. The lowest BCUT2D eigenvalue weighted by atomic mass is 10.0.